The van der Waals surface area contributed by atoms with Crippen molar-refractivity contribution in [1.82, 2.24) is 0 Å². The summed E-state index contributed by atoms with van der Waals surface area (Å²) in [7, 11) is 1.40. The summed E-state index contributed by atoms with van der Waals surface area (Å²) in [5.74, 6) is 0.0701. The van der Waals surface area contributed by atoms with Crippen molar-refractivity contribution in [2.24, 2.45) is 0 Å². The van der Waals surface area contributed by atoms with Gasteiger partial charge in [0, 0.05) is 134 Å². The van der Waals surface area contributed by atoms with Crippen molar-refractivity contribution in [3.8, 4) is 0 Å². The van der Waals surface area contributed by atoms with Crippen molar-refractivity contribution in [1.29, 1.82) is 0 Å². The minimum atomic E-state index is -0.245. The van der Waals surface area contributed by atoms with Crippen molar-refractivity contribution >= 4 is 254 Å². The number of carbonyl (C=O) groups is 5. The van der Waals surface area contributed by atoms with E-state index in [0.717, 1.165) is 93.9 Å². The summed E-state index contributed by atoms with van der Waals surface area (Å²) in [6.45, 7) is 20.8. The molecular formula is C128H102O7S9. The van der Waals surface area contributed by atoms with Crippen LogP contribution in [0.4, 0.5) is 0 Å². The number of para-hydroxylation sites is 1. The molecule has 144 heavy (non-hydrogen) atoms. The Hall–Kier alpha value is -14.6. The highest BCUT2D eigenvalue weighted by molar-refractivity contribution is 7.36. The maximum absolute atomic E-state index is 12.4. The zero-order valence-corrected chi connectivity index (χ0v) is 88.7. The molecule has 0 aliphatic carbocycles. The van der Waals surface area contributed by atoms with Gasteiger partial charge < -0.3 is 9.15 Å². The van der Waals surface area contributed by atoms with Gasteiger partial charge in [-0.1, -0.05) is 320 Å². The largest absolute Gasteiger partial charge is 0.465 e. The number of aryl methyl sites for hydroxylation is 10. The first kappa shape index (κ1) is 101. The number of furan rings is 1. The number of hydrogen-bond donors (Lipinski definition) is 0. The predicted octanol–water partition coefficient (Wildman–Crippen LogP) is 38.6. The number of carbonyl (C=O) groups excluding carboxylic acids is 5. The van der Waals surface area contributed by atoms with E-state index in [1.54, 1.807) is 11.3 Å². The zero-order valence-electron chi connectivity index (χ0n) is 81.4. The van der Waals surface area contributed by atoms with E-state index in [-0.39, 0.29) is 29.1 Å². The van der Waals surface area contributed by atoms with E-state index in [1.165, 1.54) is 145 Å². The Balaban J connectivity index is 0.000000110. The van der Waals surface area contributed by atoms with Gasteiger partial charge in [0.25, 0.3) is 0 Å². The number of methoxy groups -OCH3 is 1. The van der Waals surface area contributed by atoms with Gasteiger partial charge in [-0.05, 0) is 232 Å². The molecule has 0 radical (unpaired) electrons. The van der Waals surface area contributed by atoms with Crippen LogP contribution in [0.2, 0.25) is 0 Å². The van der Waals surface area contributed by atoms with E-state index in [2.05, 4.69) is 208 Å². The summed E-state index contributed by atoms with van der Waals surface area (Å²) in [4.78, 5) is 66.1. The Bertz CT molecular complexity index is 8890. The molecule has 26 aromatic rings. The Labute approximate surface area is 874 Å². The monoisotopic (exact) mass is 2040 g/mol. The SMILES string of the molecule is COC(=O)c1cc2c(C)scc2s1.Cc1cc2cc3sccc3cc2s1.Cc1cc2ccccc2s1.Cc1cc2sccc2s1.Cc1ccc(C(=O)c2ccc3ccccc3c2)cc1.Cc1ccc(C(=O)c2ccccc2)cc1.Cc1ccc2c(c1)oc1ccccc12.Cc1ccc2c(c1)sc1c3ccccc3sc21.Cc1cccc(C(=O)c2ccc3ccccc3c2)c1.Cc1cccc(C(=O)c2ccccc2)c1. The lowest BCUT2D eigenvalue weighted by Crippen LogP contribution is -2.01. The number of fused-ring (bicyclic) bond motifs is 15. The molecule has 0 aliphatic heterocycles. The van der Waals surface area contributed by atoms with Gasteiger partial charge in [-0.3, -0.25) is 19.2 Å². The van der Waals surface area contributed by atoms with Crippen molar-refractivity contribution in [3.63, 3.8) is 0 Å². The van der Waals surface area contributed by atoms with Crippen molar-refractivity contribution in [2.75, 3.05) is 7.11 Å². The zero-order chi connectivity index (χ0) is 100. The van der Waals surface area contributed by atoms with Crippen LogP contribution in [0.3, 0.4) is 0 Å². The maximum Gasteiger partial charge on any atom is 0.348 e. The second-order valence-electron chi connectivity index (χ2n) is 34.9. The Morgan fingerprint density at radius 1 is 0.222 bits per heavy atom. The molecule has 10 aromatic heterocycles. The first-order valence-electron chi connectivity index (χ1n) is 47.0. The van der Waals surface area contributed by atoms with Crippen LogP contribution in [0.15, 0.2) is 421 Å². The molecule has 0 amide bonds. The third kappa shape index (κ3) is 25.3. The molecule has 16 heteroatoms. The van der Waals surface area contributed by atoms with Gasteiger partial charge >= 0.3 is 5.97 Å². The quantitative estimate of drug-likeness (QED) is 0.105. The van der Waals surface area contributed by atoms with Gasteiger partial charge in [0.1, 0.15) is 16.0 Å². The number of ether oxygens (including phenoxy) is 1. The fourth-order valence-corrected chi connectivity index (χ4v) is 25.9. The molecule has 16 aromatic carbocycles. The van der Waals surface area contributed by atoms with Crippen LogP contribution >= 0.6 is 102 Å². The summed E-state index contributed by atoms with van der Waals surface area (Å²) < 4.78 is 24.3. The van der Waals surface area contributed by atoms with E-state index < -0.39 is 0 Å². The number of esters is 1. The number of rotatable bonds is 9. The lowest BCUT2D eigenvalue weighted by atomic mass is 9.99. The maximum atomic E-state index is 12.4. The average molecular weight is 2040 g/mol. The van der Waals surface area contributed by atoms with Crippen LogP contribution in [0, 0.1) is 69.2 Å². The summed E-state index contributed by atoms with van der Waals surface area (Å²) in [6.07, 6.45) is 0. The fraction of sp³-hybridized carbons (Fsp3) is 0.0859. The van der Waals surface area contributed by atoms with Crippen molar-refractivity contribution in [2.45, 2.75) is 69.2 Å². The van der Waals surface area contributed by atoms with Gasteiger partial charge in [-0.15, -0.1) is 102 Å². The second kappa shape index (κ2) is 47.5. The highest BCUT2D eigenvalue weighted by Gasteiger charge is 2.18. The van der Waals surface area contributed by atoms with Crippen LogP contribution in [-0.4, -0.2) is 36.2 Å². The number of thiophene rings is 9. The highest BCUT2D eigenvalue weighted by atomic mass is 32.1. The van der Waals surface area contributed by atoms with Gasteiger partial charge in [0.05, 0.1) is 16.5 Å². The van der Waals surface area contributed by atoms with E-state index in [9.17, 15) is 24.0 Å². The van der Waals surface area contributed by atoms with Crippen LogP contribution in [-0.2, 0) is 4.74 Å². The third-order valence-electron chi connectivity index (χ3n) is 23.9. The number of ketones is 4. The number of hydrogen-bond acceptors (Lipinski definition) is 16. The van der Waals surface area contributed by atoms with E-state index in [0.29, 0.717) is 4.88 Å². The number of benzene rings is 16. The minimum Gasteiger partial charge on any atom is -0.465 e. The van der Waals surface area contributed by atoms with E-state index in [4.69, 9.17) is 4.42 Å². The van der Waals surface area contributed by atoms with E-state index in [1.807, 2.05) is 362 Å². The molecule has 7 nitrogen and oxygen atoms in total. The molecule has 0 spiro atoms. The molecule has 0 fully saturated rings. The van der Waals surface area contributed by atoms with Crippen molar-refractivity contribution in [3.05, 3.63) is 519 Å². The molecule has 26 rings (SSSR count). The van der Waals surface area contributed by atoms with Crippen LogP contribution in [0.25, 0.3) is 123 Å². The standard InChI is InChI=1S/2C18H14O.C15H10S2.2C14H12O.C13H10O.C11H8S2.C9H8O2S2.C9H8S.C7H6S2/c1-13-5-4-8-16(11-13)18(19)17-10-9-14-6-2-3-7-15(14)12-17;1-13-6-8-15(9-7-13)18(19)17-11-10-14-4-2-3-5-16(14)12-17;1-9-6-7-11-13(8-9)17-14-10-4-2-3-5-12(10)16-15(11)14;1-11-6-5-9-13(10-11)14(15)12-7-3-2-4-8-12;1-11-7-9-13(10-8-11)14(15)12-5-3-2-4-6-12;1-9-6-7-11-10-4-2-3-5-12(10)14-13(11)8-9;1-7-4-9-6-10-8(2-3-12-10)5-11(9)13-7;1-5-6-3-7(9(10)11-2)13-8(6)4-12-5;1-7-6-8-4-2-3-5-9(8)10-7;1-5-4-7-6(9-5)2-3-8-7/h2*2-12H,1H3;2-8H,1H3;2*2-10H,1H3;2-8H,1H3;2-6H,1H3;3-4H,1-2H3;2-6H,1H3;2-4H,1H3. The summed E-state index contributed by atoms with van der Waals surface area (Å²) in [5.41, 5.74) is 15.0. The molecule has 0 N–H and O–H groups in total. The van der Waals surface area contributed by atoms with Gasteiger partial charge in [-0.25, -0.2) is 4.79 Å². The summed E-state index contributed by atoms with van der Waals surface area (Å²) >= 11 is 16.3. The summed E-state index contributed by atoms with van der Waals surface area (Å²) in [6, 6.07) is 133. The van der Waals surface area contributed by atoms with Crippen LogP contribution < -0.4 is 0 Å². The third-order valence-corrected chi connectivity index (χ3v) is 33.4. The summed E-state index contributed by atoms with van der Waals surface area (Å²) in [5, 5.41) is 21.4. The van der Waals surface area contributed by atoms with Gasteiger partial charge in [-0.2, -0.15) is 0 Å². The lowest BCUT2D eigenvalue weighted by Gasteiger charge is -2.04. The smallest absolute Gasteiger partial charge is 0.348 e. The molecule has 10 heterocycles. The normalized spacial score (nSPS) is 10.7. The Morgan fingerprint density at radius 2 is 0.632 bits per heavy atom. The van der Waals surface area contributed by atoms with Gasteiger partial charge in [0.15, 0.2) is 23.1 Å². The van der Waals surface area contributed by atoms with Crippen molar-refractivity contribution < 1.29 is 33.1 Å². The first-order chi connectivity index (χ1) is 70.0. The average Bonchev–Trinajstić information content (AvgIpc) is 1.59. The van der Waals surface area contributed by atoms with E-state index >= 15 is 0 Å². The Kier molecular flexibility index (Phi) is 33.3. The molecule has 0 saturated carbocycles. The van der Waals surface area contributed by atoms with Crippen LogP contribution in [0.5, 0.6) is 0 Å². The van der Waals surface area contributed by atoms with Crippen LogP contribution in [0.1, 0.15) is 126 Å². The minimum absolute atomic E-state index is 0.0748. The van der Waals surface area contributed by atoms with Gasteiger partial charge in [0.2, 0.25) is 0 Å². The molecule has 710 valence electrons. The first-order valence-corrected chi connectivity index (χ1v) is 54.5. The molecule has 0 atom stereocenters. The lowest BCUT2D eigenvalue weighted by molar-refractivity contribution is 0.0605. The second-order valence-corrected chi connectivity index (χ2v) is 44.9. The Morgan fingerprint density at radius 3 is 1.21 bits per heavy atom. The molecule has 0 unspecified atom stereocenters. The molecule has 0 aliphatic rings. The fourth-order valence-electron chi connectivity index (χ4n) is 16.4. The molecule has 0 saturated heterocycles. The molecular weight excluding hydrogens is 1940 g/mol. The molecule has 0 bridgehead atoms. The predicted molar refractivity (Wildman–Crippen MR) is 626 cm³/mol. The highest BCUT2D eigenvalue weighted by Crippen LogP contribution is 2.45. The topological polar surface area (TPSA) is 108 Å².